The van der Waals surface area contributed by atoms with Crippen LogP contribution in [0, 0.1) is 0 Å². The quantitative estimate of drug-likeness (QED) is 0.478. The number of ether oxygens (including phenoxy) is 3. The second kappa shape index (κ2) is 7.62. The van der Waals surface area contributed by atoms with Crippen LogP contribution >= 0.6 is 0 Å². The highest BCUT2D eigenvalue weighted by molar-refractivity contribution is 5.71. The first-order valence-electron chi connectivity index (χ1n) is 5.30. The predicted octanol–water partition coefficient (Wildman–Crippen LogP) is -0.0554. The van der Waals surface area contributed by atoms with Gasteiger partial charge >= 0.3 is 5.97 Å². The molecule has 1 unspecified atom stereocenters. The van der Waals surface area contributed by atoms with Crippen molar-refractivity contribution in [3.63, 3.8) is 0 Å². The summed E-state index contributed by atoms with van der Waals surface area (Å²) in [7, 11) is 1.62. The van der Waals surface area contributed by atoms with Gasteiger partial charge in [-0.25, -0.2) is 0 Å². The fourth-order valence-corrected chi connectivity index (χ4v) is 1.38. The van der Waals surface area contributed by atoms with E-state index in [9.17, 15) is 4.79 Å². The molecule has 0 aromatic rings. The highest BCUT2D eigenvalue weighted by atomic mass is 16.6. The molecule has 1 aliphatic rings. The molecule has 0 aliphatic carbocycles. The minimum atomic E-state index is -0.235. The van der Waals surface area contributed by atoms with Crippen molar-refractivity contribution >= 4 is 5.97 Å². The van der Waals surface area contributed by atoms with Gasteiger partial charge in [-0.3, -0.25) is 4.79 Å². The maximum Gasteiger partial charge on any atom is 0.320 e. The molecule has 1 atom stereocenters. The molecule has 0 aromatic heterocycles. The van der Waals surface area contributed by atoms with Gasteiger partial charge in [0, 0.05) is 20.3 Å². The van der Waals surface area contributed by atoms with Gasteiger partial charge in [-0.15, -0.1) is 0 Å². The van der Waals surface area contributed by atoms with E-state index in [-0.39, 0.29) is 18.6 Å². The minimum absolute atomic E-state index is 0.105. The smallest absolute Gasteiger partial charge is 0.320 e. The second-order valence-electron chi connectivity index (χ2n) is 3.49. The van der Waals surface area contributed by atoms with E-state index in [1.807, 2.05) is 0 Å². The van der Waals surface area contributed by atoms with Gasteiger partial charge in [0.15, 0.2) is 0 Å². The predicted molar refractivity (Wildman–Crippen MR) is 54.7 cm³/mol. The first-order chi connectivity index (χ1) is 7.33. The van der Waals surface area contributed by atoms with Gasteiger partial charge in [0.2, 0.25) is 0 Å². The van der Waals surface area contributed by atoms with Crippen molar-refractivity contribution in [2.75, 3.05) is 40.0 Å². The first-order valence-corrected chi connectivity index (χ1v) is 5.30. The van der Waals surface area contributed by atoms with Crippen LogP contribution in [-0.4, -0.2) is 52.1 Å². The maximum atomic E-state index is 11.2. The molecule has 5 nitrogen and oxygen atoms in total. The summed E-state index contributed by atoms with van der Waals surface area (Å²) in [5, 5.41) is 2.92. The number of hydrogen-bond acceptors (Lipinski definition) is 5. The van der Waals surface area contributed by atoms with Crippen LogP contribution in [0.15, 0.2) is 0 Å². The molecule has 0 aromatic carbocycles. The SMILES string of the molecule is COCCNCC(=O)OCC1CCCO1. The number of carbonyl (C=O) groups excluding carboxylic acids is 1. The maximum absolute atomic E-state index is 11.2. The van der Waals surface area contributed by atoms with Gasteiger partial charge in [0.05, 0.1) is 19.3 Å². The van der Waals surface area contributed by atoms with Crippen LogP contribution in [-0.2, 0) is 19.0 Å². The molecule has 1 fully saturated rings. The summed E-state index contributed by atoms with van der Waals surface area (Å²) in [6.45, 7) is 2.65. The Morgan fingerprint density at radius 2 is 2.47 bits per heavy atom. The number of methoxy groups -OCH3 is 1. The van der Waals surface area contributed by atoms with E-state index >= 15 is 0 Å². The Hall–Kier alpha value is -0.650. The summed E-state index contributed by atoms with van der Waals surface area (Å²) in [5.41, 5.74) is 0. The average molecular weight is 217 g/mol. The van der Waals surface area contributed by atoms with Crippen molar-refractivity contribution in [3.05, 3.63) is 0 Å². The van der Waals surface area contributed by atoms with Crippen LogP contribution < -0.4 is 5.32 Å². The second-order valence-corrected chi connectivity index (χ2v) is 3.49. The number of hydrogen-bond donors (Lipinski definition) is 1. The van der Waals surface area contributed by atoms with Crippen LogP contribution in [0.5, 0.6) is 0 Å². The van der Waals surface area contributed by atoms with Gasteiger partial charge in [-0.1, -0.05) is 0 Å². The fourth-order valence-electron chi connectivity index (χ4n) is 1.38. The minimum Gasteiger partial charge on any atom is -0.462 e. The number of carbonyl (C=O) groups is 1. The molecule has 0 spiro atoms. The zero-order valence-corrected chi connectivity index (χ0v) is 9.16. The van der Waals surface area contributed by atoms with Crippen LogP contribution in [0.3, 0.4) is 0 Å². The Morgan fingerprint density at radius 3 is 3.13 bits per heavy atom. The summed E-state index contributed by atoms with van der Waals surface area (Å²) in [4.78, 5) is 11.2. The molecule has 1 N–H and O–H groups in total. The molecule has 1 saturated heterocycles. The Labute approximate surface area is 90.1 Å². The van der Waals surface area contributed by atoms with Crippen molar-refractivity contribution in [1.29, 1.82) is 0 Å². The Bertz CT molecular complexity index is 180. The summed E-state index contributed by atoms with van der Waals surface area (Å²) < 4.78 is 15.2. The lowest BCUT2D eigenvalue weighted by molar-refractivity contribution is -0.145. The molecular formula is C10H19NO4. The van der Waals surface area contributed by atoms with Crippen molar-refractivity contribution in [2.45, 2.75) is 18.9 Å². The van der Waals surface area contributed by atoms with Crippen molar-refractivity contribution < 1.29 is 19.0 Å². The Kier molecular flexibility index (Phi) is 6.31. The van der Waals surface area contributed by atoms with Gasteiger partial charge in [0.1, 0.15) is 6.61 Å². The van der Waals surface area contributed by atoms with Crippen molar-refractivity contribution in [1.82, 2.24) is 5.32 Å². The molecule has 1 aliphatic heterocycles. The lowest BCUT2D eigenvalue weighted by Gasteiger charge is -2.10. The molecule has 1 heterocycles. The molecule has 5 heteroatoms. The molecule has 0 radical (unpaired) electrons. The standard InChI is InChI=1S/C10H19NO4/c1-13-6-4-11-7-10(12)15-8-9-3-2-5-14-9/h9,11H,2-8H2,1H3. The van der Waals surface area contributed by atoms with Gasteiger partial charge in [0.25, 0.3) is 0 Å². The van der Waals surface area contributed by atoms with E-state index in [2.05, 4.69) is 5.32 Å². The van der Waals surface area contributed by atoms with Crippen molar-refractivity contribution in [2.24, 2.45) is 0 Å². The van der Waals surface area contributed by atoms with Gasteiger partial charge in [-0.2, -0.15) is 0 Å². The van der Waals surface area contributed by atoms with Crippen LogP contribution in [0.25, 0.3) is 0 Å². The molecule has 0 saturated carbocycles. The molecule has 88 valence electrons. The normalized spacial score (nSPS) is 20.5. The molecular weight excluding hydrogens is 198 g/mol. The monoisotopic (exact) mass is 217 g/mol. The molecule has 0 amide bonds. The van der Waals surface area contributed by atoms with E-state index < -0.39 is 0 Å². The summed E-state index contributed by atoms with van der Waals surface area (Å²) in [6.07, 6.45) is 2.16. The number of nitrogens with one attached hydrogen (secondary N) is 1. The lowest BCUT2D eigenvalue weighted by atomic mass is 10.2. The number of esters is 1. The van der Waals surface area contributed by atoms with E-state index in [0.717, 1.165) is 19.4 Å². The summed E-state index contributed by atoms with van der Waals surface area (Å²) in [5.74, 6) is -0.235. The summed E-state index contributed by atoms with van der Waals surface area (Å²) >= 11 is 0. The molecule has 1 rings (SSSR count). The topological polar surface area (TPSA) is 56.8 Å². The van der Waals surface area contributed by atoms with Crippen molar-refractivity contribution in [3.8, 4) is 0 Å². The highest BCUT2D eigenvalue weighted by Gasteiger charge is 2.17. The third-order valence-corrected chi connectivity index (χ3v) is 2.21. The van der Waals surface area contributed by atoms with E-state index in [4.69, 9.17) is 14.2 Å². The third-order valence-electron chi connectivity index (χ3n) is 2.21. The van der Waals surface area contributed by atoms with Crippen LogP contribution in [0.1, 0.15) is 12.8 Å². The van der Waals surface area contributed by atoms with Crippen LogP contribution in [0.4, 0.5) is 0 Å². The third kappa shape index (κ3) is 5.71. The van der Waals surface area contributed by atoms with E-state index in [0.29, 0.717) is 19.8 Å². The average Bonchev–Trinajstić information content (AvgIpc) is 2.74. The lowest BCUT2D eigenvalue weighted by Crippen LogP contribution is -2.29. The van der Waals surface area contributed by atoms with E-state index in [1.54, 1.807) is 7.11 Å². The summed E-state index contributed by atoms with van der Waals surface area (Å²) in [6, 6.07) is 0. The van der Waals surface area contributed by atoms with E-state index in [1.165, 1.54) is 0 Å². The Morgan fingerprint density at radius 1 is 1.60 bits per heavy atom. The molecule has 0 bridgehead atoms. The molecule has 15 heavy (non-hydrogen) atoms. The van der Waals surface area contributed by atoms with Crippen LogP contribution in [0.2, 0.25) is 0 Å². The number of rotatable bonds is 7. The fraction of sp³-hybridized carbons (Fsp3) is 0.900. The first kappa shape index (κ1) is 12.4. The highest BCUT2D eigenvalue weighted by Crippen LogP contribution is 2.11. The zero-order valence-electron chi connectivity index (χ0n) is 9.16. The Balaban J connectivity index is 1.93. The van der Waals surface area contributed by atoms with Gasteiger partial charge < -0.3 is 19.5 Å². The zero-order chi connectivity index (χ0) is 10.9. The largest absolute Gasteiger partial charge is 0.462 e. The van der Waals surface area contributed by atoms with Gasteiger partial charge in [-0.05, 0) is 12.8 Å².